The van der Waals surface area contributed by atoms with Crippen molar-refractivity contribution in [2.45, 2.75) is 36.2 Å². The highest BCUT2D eigenvalue weighted by Crippen LogP contribution is 2.39. The minimum atomic E-state index is -3.66. The van der Waals surface area contributed by atoms with Crippen LogP contribution >= 0.6 is 11.6 Å². The fourth-order valence-corrected chi connectivity index (χ4v) is 5.79. The van der Waals surface area contributed by atoms with E-state index in [0.717, 1.165) is 6.42 Å². The number of nitrogens with zero attached hydrogens (tertiary/aromatic N) is 1. The summed E-state index contributed by atoms with van der Waals surface area (Å²) in [5, 5.41) is 0.221. The number of nitrogens with one attached hydrogen (secondary N) is 1. The third kappa shape index (κ3) is 3.66. The molecule has 0 unspecified atom stereocenters. The highest BCUT2D eigenvalue weighted by atomic mass is 35.5. The Labute approximate surface area is 168 Å². The van der Waals surface area contributed by atoms with Gasteiger partial charge in [-0.1, -0.05) is 35.9 Å². The molecule has 2 fully saturated rings. The molecule has 1 saturated carbocycles. The van der Waals surface area contributed by atoms with Gasteiger partial charge < -0.3 is 4.90 Å². The van der Waals surface area contributed by atoms with Crippen molar-refractivity contribution in [2.75, 3.05) is 6.54 Å². The molecule has 1 heterocycles. The predicted molar refractivity (Wildman–Crippen MR) is 104 cm³/mol. The first kappa shape index (κ1) is 19.4. The van der Waals surface area contributed by atoms with Gasteiger partial charge in [-0.2, -0.15) is 0 Å². The summed E-state index contributed by atoms with van der Waals surface area (Å²) in [5.41, 5.74) is 0.179. The average molecular weight is 423 g/mol. The first-order valence-electron chi connectivity index (χ1n) is 9.15. The topological polar surface area (TPSA) is 66.5 Å². The molecular weight excluding hydrogens is 403 g/mol. The molecule has 2 aromatic carbocycles. The van der Waals surface area contributed by atoms with E-state index in [9.17, 15) is 17.6 Å². The highest BCUT2D eigenvalue weighted by molar-refractivity contribution is 7.89. The van der Waals surface area contributed by atoms with Crippen LogP contribution in [0.5, 0.6) is 0 Å². The summed E-state index contributed by atoms with van der Waals surface area (Å²) in [7, 11) is -3.66. The number of hydrogen-bond donors (Lipinski definition) is 1. The number of fused-ring (bicyclic) bond motifs is 2. The van der Waals surface area contributed by atoms with E-state index in [2.05, 4.69) is 4.72 Å². The number of hydrogen-bond acceptors (Lipinski definition) is 3. The molecule has 28 heavy (non-hydrogen) atoms. The van der Waals surface area contributed by atoms with E-state index in [1.54, 1.807) is 41.3 Å². The van der Waals surface area contributed by atoms with Crippen molar-refractivity contribution in [2.24, 2.45) is 5.92 Å². The second-order valence-corrected chi connectivity index (χ2v) is 9.49. The molecule has 2 bridgehead atoms. The van der Waals surface area contributed by atoms with Crippen LogP contribution in [0.2, 0.25) is 5.02 Å². The maximum absolute atomic E-state index is 14.0. The fraction of sp³-hybridized carbons (Fsp3) is 0.350. The van der Waals surface area contributed by atoms with Crippen molar-refractivity contribution >= 4 is 27.5 Å². The van der Waals surface area contributed by atoms with E-state index in [-0.39, 0.29) is 45.8 Å². The van der Waals surface area contributed by atoms with Gasteiger partial charge in [0, 0.05) is 29.2 Å². The van der Waals surface area contributed by atoms with Gasteiger partial charge >= 0.3 is 0 Å². The largest absolute Gasteiger partial charge is 0.338 e. The van der Waals surface area contributed by atoms with Crippen molar-refractivity contribution in [1.29, 1.82) is 0 Å². The summed E-state index contributed by atoms with van der Waals surface area (Å²) in [6.07, 6.45) is 1.31. The molecule has 1 saturated heterocycles. The number of piperidine rings is 1. The maximum atomic E-state index is 14.0. The second-order valence-electron chi connectivity index (χ2n) is 7.37. The molecule has 5 nitrogen and oxygen atoms in total. The number of carbonyl (C=O) groups is 1. The Bertz CT molecular complexity index is 980. The Hall–Kier alpha value is -1.96. The van der Waals surface area contributed by atoms with Gasteiger partial charge in [-0.15, -0.1) is 0 Å². The molecule has 0 radical (unpaired) electrons. The highest BCUT2D eigenvalue weighted by Gasteiger charge is 2.48. The van der Waals surface area contributed by atoms with E-state index in [0.29, 0.717) is 13.0 Å². The van der Waals surface area contributed by atoms with E-state index in [4.69, 9.17) is 11.6 Å². The fourth-order valence-electron chi connectivity index (χ4n) is 4.26. The predicted octanol–water partition coefficient (Wildman–Crippen LogP) is 2.99. The number of sulfonamides is 1. The molecule has 1 amide bonds. The van der Waals surface area contributed by atoms with Crippen LogP contribution in [0.4, 0.5) is 4.39 Å². The number of halogens is 2. The van der Waals surface area contributed by atoms with Gasteiger partial charge in [0.25, 0.3) is 0 Å². The van der Waals surface area contributed by atoms with Crippen LogP contribution in [0.3, 0.4) is 0 Å². The second kappa shape index (κ2) is 7.46. The smallest absolute Gasteiger partial charge is 0.240 e. The molecule has 1 aliphatic carbocycles. The standard InChI is InChI=1S/C20H20ClFN2O3S/c21-16-7-4-8-17(22)15(16)11-20(25)24-12-13-9-18(19(24)10-13)23-28(26,27)14-5-2-1-3-6-14/h1-8,13,18-19,23H,9-12H2/t13-,18+,19-/m1/s1. The lowest BCUT2D eigenvalue weighted by Gasteiger charge is -2.33. The number of rotatable bonds is 5. The summed E-state index contributed by atoms with van der Waals surface area (Å²) in [4.78, 5) is 14.7. The molecule has 0 aromatic heterocycles. The molecule has 0 spiro atoms. The third-order valence-corrected chi connectivity index (χ3v) is 7.41. The zero-order valence-corrected chi connectivity index (χ0v) is 16.6. The average Bonchev–Trinajstić information content (AvgIpc) is 3.25. The van der Waals surface area contributed by atoms with Crippen LogP contribution in [0.25, 0.3) is 0 Å². The summed E-state index contributed by atoms with van der Waals surface area (Å²) in [6.45, 7) is 0.569. The lowest BCUT2D eigenvalue weighted by atomic mass is 10.0. The van der Waals surface area contributed by atoms with Crippen molar-refractivity contribution in [3.63, 3.8) is 0 Å². The van der Waals surface area contributed by atoms with Gasteiger partial charge in [0.2, 0.25) is 15.9 Å². The van der Waals surface area contributed by atoms with Crippen molar-refractivity contribution < 1.29 is 17.6 Å². The summed E-state index contributed by atoms with van der Waals surface area (Å²) < 4.78 is 42.1. The minimum absolute atomic E-state index is 0.132. The van der Waals surface area contributed by atoms with Gasteiger partial charge in [0.15, 0.2) is 0 Å². The Kier molecular flexibility index (Phi) is 5.16. The number of benzene rings is 2. The van der Waals surface area contributed by atoms with E-state index >= 15 is 0 Å². The molecule has 1 aliphatic heterocycles. The summed E-state index contributed by atoms with van der Waals surface area (Å²) in [6, 6.07) is 11.9. The molecule has 3 atom stereocenters. The lowest BCUT2D eigenvalue weighted by Crippen LogP contribution is -2.52. The molecule has 1 N–H and O–H groups in total. The lowest BCUT2D eigenvalue weighted by molar-refractivity contribution is -0.132. The molecule has 2 aromatic rings. The Balaban J connectivity index is 1.49. The first-order chi connectivity index (χ1) is 13.3. The van der Waals surface area contributed by atoms with Crippen molar-refractivity contribution in [3.8, 4) is 0 Å². The van der Waals surface area contributed by atoms with Gasteiger partial charge in [-0.25, -0.2) is 17.5 Å². The minimum Gasteiger partial charge on any atom is -0.338 e. The van der Waals surface area contributed by atoms with Gasteiger partial charge in [0.05, 0.1) is 11.3 Å². The third-order valence-electron chi connectivity index (χ3n) is 5.55. The van der Waals surface area contributed by atoms with Crippen LogP contribution in [0.1, 0.15) is 18.4 Å². The van der Waals surface area contributed by atoms with Crippen LogP contribution in [0.15, 0.2) is 53.4 Å². The monoisotopic (exact) mass is 422 g/mol. The van der Waals surface area contributed by atoms with Crippen molar-refractivity contribution in [3.05, 3.63) is 64.9 Å². The van der Waals surface area contributed by atoms with Gasteiger partial charge in [-0.3, -0.25) is 4.79 Å². The Morgan fingerprint density at radius 3 is 2.57 bits per heavy atom. The van der Waals surface area contributed by atoms with Crippen molar-refractivity contribution in [1.82, 2.24) is 9.62 Å². The Morgan fingerprint density at radius 1 is 1.14 bits per heavy atom. The summed E-state index contributed by atoms with van der Waals surface area (Å²) >= 11 is 6.04. The van der Waals surface area contributed by atoms with Gasteiger partial charge in [-0.05, 0) is 43.0 Å². The van der Waals surface area contributed by atoms with E-state index in [1.807, 2.05) is 0 Å². The van der Waals surface area contributed by atoms with Crippen LogP contribution in [-0.2, 0) is 21.2 Å². The van der Waals surface area contributed by atoms with E-state index in [1.165, 1.54) is 12.1 Å². The molecule has 2 aliphatic rings. The molecule has 148 valence electrons. The SMILES string of the molecule is O=C(Cc1c(F)cccc1Cl)N1C[C@@H]2C[C@H](NS(=O)(=O)c3ccccc3)[C@H]1C2. The van der Waals surface area contributed by atoms with E-state index < -0.39 is 15.8 Å². The first-order valence-corrected chi connectivity index (χ1v) is 11.0. The zero-order valence-electron chi connectivity index (χ0n) is 15.0. The molecule has 4 rings (SSSR count). The maximum Gasteiger partial charge on any atom is 0.240 e. The van der Waals surface area contributed by atoms with Crippen LogP contribution in [0, 0.1) is 11.7 Å². The van der Waals surface area contributed by atoms with Crippen LogP contribution < -0.4 is 4.72 Å². The van der Waals surface area contributed by atoms with Crippen LogP contribution in [-0.4, -0.2) is 37.9 Å². The number of carbonyl (C=O) groups excluding carboxylic acids is 1. The number of likely N-dealkylation sites (tertiary alicyclic amines) is 1. The normalized spacial score (nSPS) is 23.9. The van der Waals surface area contributed by atoms with Gasteiger partial charge in [0.1, 0.15) is 5.82 Å². The molecular formula is C20H20ClFN2O3S. The zero-order chi connectivity index (χ0) is 19.9. The Morgan fingerprint density at radius 2 is 1.89 bits per heavy atom. The summed E-state index contributed by atoms with van der Waals surface area (Å²) in [5.74, 6) is -0.497. The number of amides is 1. The molecule has 8 heteroatoms. The quantitative estimate of drug-likeness (QED) is 0.805.